The van der Waals surface area contributed by atoms with Crippen molar-refractivity contribution in [3.8, 4) is 0 Å². The van der Waals surface area contributed by atoms with Crippen LogP contribution in [0, 0.1) is 5.82 Å². The third kappa shape index (κ3) is 2.22. The first-order valence-corrected chi connectivity index (χ1v) is 8.50. The Balaban J connectivity index is 1.69. The molecule has 1 unspecified atom stereocenters. The number of nitrogens with zero attached hydrogens (tertiary/aromatic N) is 4. The van der Waals surface area contributed by atoms with E-state index in [1.165, 1.54) is 6.07 Å². The number of hydrogen-bond acceptors (Lipinski definition) is 4. The number of benzene rings is 1. The average Bonchev–Trinajstić information content (AvgIpc) is 3.17. The molecule has 1 saturated heterocycles. The number of halogens is 2. The number of aromatic nitrogens is 4. The molecule has 2 heterocycles. The Kier molecular flexibility index (Phi) is 3.75. The molecule has 0 bridgehead atoms. The maximum Gasteiger partial charge on any atom is 0.237 e. The molecule has 1 aliphatic carbocycles. The number of carbonyl (C=O) groups is 1. The topological polar surface area (TPSA) is 74.8 Å². The molecule has 0 spiro atoms. The maximum absolute atomic E-state index is 14.3. The van der Waals surface area contributed by atoms with Crippen LogP contribution < -0.4 is 0 Å². The molecule has 1 saturated carbocycles. The second kappa shape index (κ2) is 5.81. The highest BCUT2D eigenvalue weighted by Gasteiger charge is 2.53. The van der Waals surface area contributed by atoms with Gasteiger partial charge < -0.3 is 4.90 Å². The molecule has 126 valence electrons. The van der Waals surface area contributed by atoms with Crippen molar-refractivity contribution in [2.24, 2.45) is 0 Å². The lowest BCUT2D eigenvalue weighted by atomic mass is 9.67. The highest BCUT2D eigenvalue weighted by molar-refractivity contribution is 6.31. The predicted molar refractivity (Wildman–Crippen MR) is 84.8 cm³/mol. The molecule has 2 fully saturated rings. The molecular weight excluding hydrogens is 333 g/mol. The van der Waals surface area contributed by atoms with Crippen molar-refractivity contribution in [1.29, 1.82) is 0 Å². The smallest absolute Gasteiger partial charge is 0.237 e. The molecule has 1 amide bonds. The Morgan fingerprint density at radius 1 is 1.38 bits per heavy atom. The molecule has 8 heteroatoms. The van der Waals surface area contributed by atoms with Gasteiger partial charge in [0.15, 0.2) is 5.82 Å². The maximum atomic E-state index is 14.3. The first kappa shape index (κ1) is 15.5. The number of rotatable bonds is 3. The van der Waals surface area contributed by atoms with Crippen LogP contribution in [0.3, 0.4) is 0 Å². The molecule has 1 atom stereocenters. The first-order valence-electron chi connectivity index (χ1n) is 8.12. The zero-order valence-electron chi connectivity index (χ0n) is 13.0. The van der Waals surface area contributed by atoms with E-state index in [4.69, 9.17) is 11.6 Å². The number of likely N-dealkylation sites (tertiary alicyclic amines) is 1. The molecule has 1 aromatic heterocycles. The predicted octanol–water partition coefficient (Wildman–Crippen LogP) is 2.78. The zero-order valence-corrected chi connectivity index (χ0v) is 13.8. The van der Waals surface area contributed by atoms with Gasteiger partial charge in [0.1, 0.15) is 11.2 Å². The van der Waals surface area contributed by atoms with Gasteiger partial charge in [0, 0.05) is 17.1 Å². The van der Waals surface area contributed by atoms with E-state index in [2.05, 4.69) is 20.6 Å². The SMILES string of the molecule is O=C(N1CCCC1c1c(F)cccc1Cl)C1(c2nn[nH]n2)CCC1. The zero-order chi connectivity index (χ0) is 16.7. The highest BCUT2D eigenvalue weighted by atomic mass is 35.5. The van der Waals surface area contributed by atoms with Crippen LogP contribution >= 0.6 is 11.6 Å². The Morgan fingerprint density at radius 3 is 2.83 bits per heavy atom. The molecule has 6 nitrogen and oxygen atoms in total. The number of nitrogens with one attached hydrogen (secondary N) is 1. The summed E-state index contributed by atoms with van der Waals surface area (Å²) in [5, 5.41) is 14.5. The van der Waals surface area contributed by atoms with E-state index in [0.717, 1.165) is 12.8 Å². The summed E-state index contributed by atoms with van der Waals surface area (Å²) in [7, 11) is 0. The van der Waals surface area contributed by atoms with Crippen LogP contribution in [-0.4, -0.2) is 38.0 Å². The van der Waals surface area contributed by atoms with Gasteiger partial charge in [-0.2, -0.15) is 5.21 Å². The third-order valence-electron chi connectivity index (χ3n) is 5.24. The van der Waals surface area contributed by atoms with Gasteiger partial charge in [-0.15, -0.1) is 10.2 Å². The lowest BCUT2D eigenvalue weighted by molar-refractivity contribution is -0.142. The number of carbonyl (C=O) groups excluding carboxylic acids is 1. The van der Waals surface area contributed by atoms with E-state index < -0.39 is 5.41 Å². The molecule has 4 rings (SSSR count). The summed E-state index contributed by atoms with van der Waals surface area (Å²) in [4.78, 5) is 15.0. The minimum atomic E-state index is -0.729. The fraction of sp³-hybridized carbons (Fsp3) is 0.500. The van der Waals surface area contributed by atoms with Crippen LogP contribution in [0.15, 0.2) is 18.2 Å². The van der Waals surface area contributed by atoms with E-state index >= 15 is 0 Å². The minimum absolute atomic E-state index is 0.0445. The fourth-order valence-electron chi connectivity index (χ4n) is 3.84. The normalized spacial score (nSPS) is 22.4. The Bertz CT molecular complexity index is 742. The number of hydrogen-bond donors (Lipinski definition) is 1. The average molecular weight is 350 g/mol. The van der Waals surface area contributed by atoms with Crippen LogP contribution in [0.5, 0.6) is 0 Å². The van der Waals surface area contributed by atoms with Crippen molar-refractivity contribution >= 4 is 17.5 Å². The van der Waals surface area contributed by atoms with E-state index in [-0.39, 0.29) is 17.8 Å². The number of amides is 1. The molecule has 1 aromatic carbocycles. The van der Waals surface area contributed by atoms with Crippen LogP contribution in [0.2, 0.25) is 5.02 Å². The van der Waals surface area contributed by atoms with Crippen molar-refractivity contribution in [2.45, 2.75) is 43.6 Å². The molecular formula is C16H17ClFN5O. The van der Waals surface area contributed by atoms with E-state index in [9.17, 15) is 9.18 Å². The van der Waals surface area contributed by atoms with E-state index in [1.54, 1.807) is 17.0 Å². The lowest BCUT2D eigenvalue weighted by Crippen LogP contribution is -2.51. The monoisotopic (exact) mass is 349 g/mol. The summed E-state index contributed by atoms with van der Waals surface area (Å²) in [6.45, 7) is 0.591. The van der Waals surface area contributed by atoms with E-state index in [0.29, 0.717) is 42.2 Å². The van der Waals surface area contributed by atoms with Gasteiger partial charge >= 0.3 is 0 Å². The standard InChI is InChI=1S/C16H17ClFN5O/c17-10-4-1-5-11(18)13(10)12-6-2-9-23(12)15(24)16(7-3-8-16)14-19-21-22-20-14/h1,4-5,12H,2-3,6-9H2,(H,19,20,21,22). The largest absolute Gasteiger partial charge is 0.335 e. The van der Waals surface area contributed by atoms with Crippen LogP contribution in [0.4, 0.5) is 4.39 Å². The highest BCUT2D eigenvalue weighted by Crippen LogP contribution is 2.47. The van der Waals surface area contributed by atoms with Gasteiger partial charge in [-0.1, -0.05) is 29.3 Å². The molecule has 2 aromatic rings. The van der Waals surface area contributed by atoms with Crippen molar-refractivity contribution in [1.82, 2.24) is 25.5 Å². The third-order valence-corrected chi connectivity index (χ3v) is 5.57. The summed E-state index contributed by atoms with van der Waals surface area (Å²) >= 11 is 6.22. The second-order valence-corrected chi connectivity index (χ2v) is 6.87. The van der Waals surface area contributed by atoms with Crippen molar-refractivity contribution in [2.75, 3.05) is 6.54 Å². The Morgan fingerprint density at radius 2 is 2.21 bits per heavy atom. The molecule has 1 aliphatic heterocycles. The summed E-state index contributed by atoms with van der Waals surface area (Å²) in [5.41, 5.74) is -0.319. The summed E-state index contributed by atoms with van der Waals surface area (Å²) in [5.74, 6) is 0.0235. The Labute approximate surface area is 143 Å². The van der Waals surface area contributed by atoms with Gasteiger partial charge in [-0.25, -0.2) is 4.39 Å². The van der Waals surface area contributed by atoms with Crippen molar-refractivity contribution < 1.29 is 9.18 Å². The van der Waals surface area contributed by atoms with Gasteiger partial charge in [0.25, 0.3) is 0 Å². The van der Waals surface area contributed by atoms with Crippen LogP contribution in [0.25, 0.3) is 0 Å². The molecule has 2 aliphatic rings. The second-order valence-electron chi connectivity index (χ2n) is 6.46. The minimum Gasteiger partial charge on any atom is -0.335 e. The Hall–Kier alpha value is -2.02. The summed E-state index contributed by atoms with van der Waals surface area (Å²) in [6.07, 6.45) is 3.86. The van der Waals surface area contributed by atoms with Crippen LogP contribution in [-0.2, 0) is 10.2 Å². The summed E-state index contributed by atoms with van der Waals surface area (Å²) < 4.78 is 14.3. The fourth-order valence-corrected chi connectivity index (χ4v) is 4.13. The van der Waals surface area contributed by atoms with Crippen LogP contribution in [0.1, 0.15) is 49.5 Å². The first-order chi connectivity index (χ1) is 11.6. The van der Waals surface area contributed by atoms with Gasteiger partial charge in [-0.05, 0) is 37.8 Å². The number of H-pyrrole nitrogens is 1. The van der Waals surface area contributed by atoms with Gasteiger partial charge in [0.2, 0.25) is 5.91 Å². The lowest BCUT2D eigenvalue weighted by Gasteiger charge is -2.41. The van der Waals surface area contributed by atoms with Crippen molar-refractivity contribution in [3.05, 3.63) is 40.4 Å². The van der Waals surface area contributed by atoms with E-state index in [1.807, 2.05) is 0 Å². The molecule has 0 radical (unpaired) electrons. The number of aromatic amines is 1. The van der Waals surface area contributed by atoms with Gasteiger partial charge in [-0.3, -0.25) is 4.79 Å². The summed E-state index contributed by atoms with van der Waals surface area (Å²) in [6, 6.07) is 4.30. The number of tetrazole rings is 1. The molecule has 24 heavy (non-hydrogen) atoms. The van der Waals surface area contributed by atoms with Crippen molar-refractivity contribution in [3.63, 3.8) is 0 Å². The van der Waals surface area contributed by atoms with Gasteiger partial charge in [0.05, 0.1) is 6.04 Å². The molecule has 1 N–H and O–H groups in total. The quantitative estimate of drug-likeness (QED) is 0.924.